The molecule has 0 radical (unpaired) electrons. The average Bonchev–Trinajstić information content (AvgIpc) is 2.78. The summed E-state index contributed by atoms with van der Waals surface area (Å²) in [6, 6.07) is 21.5. The number of hydrogen-bond acceptors (Lipinski definition) is 4. The van der Waals surface area contributed by atoms with Crippen molar-refractivity contribution in [1.82, 2.24) is 4.90 Å². The van der Waals surface area contributed by atoms with E-state index in [0.717, 1.165) is 48.3 Å². The van der Waals surface area contributed by atoms with Gasteiger partial charge in [-0.05, 0) is 35.7 Å². The summed E-state index contributed by atoms with van der Waals surface area (Å²) in [6.07, 6.45) is 0. The molecule has 4 rings (SSSR count). The SMILES string of the molecule is CC(=O)N1CCN(c2ccc(NC(=O)COc3cccc4ccccc34)cc2)CC1. The number of fused-ring (bicyclic) bond motifs is 1. The van der Waals surface area contributed by atoms with E-state index in [2.05, 4.69) is 10.2 Å². The van der Waals surface area contributed by atoms with Gasteiger partial charge in [-0.3, -0.25) is 9.59 Å². The molecule has 6 heteroatoms. The zero-order chi connectivity index (χ0) is 20.9. The third-order valence-electron chi connectivity index (χ3n) is 5.35. The summed E-state index contributed by atoms with van der Waals surface area (Å²) in [5, 5.41) is 4.94. The van der Waals surface area contributed by atoms with E-state index in [1.54, 1.807) is 6.92 Å². The van der Waals surface area contributed by atoms with E-state index in [4.69, 9.17) is 4.74 Å². The first-order valence-electron chi connectivity index (χ1n) is 10.1. The molecule has 0 aliphatic carbocycles. The molecule has 1 aliphatic heterocycles. The molecule has 3 aromatic carbocycles. The van der Waals surface area contributed by atoms with Crippen molar-refractivity contribution in [2.75, 3.05) is 43.0 Å². The molecule has 0 bridgehead atoms. The molecule has 1 aliphatic rings. The summed E-state index contributed by atoms with van der Waals surface area (Å²) in [4.78, 5) is 27.9. The molecule has 6 nitrogen and oxygen atoms in total. The zero-order valence-electron chi connectivity index (χ0n) is 17.0. The normalized spacial score (nSPS) is 13.9. The zero-order valence-corrected chi connectivity index (χ0v) is 17.0. The highest BCUT2D eigenvalue weighted by atomic mass is 16.5. The Morgan fingerprint density at radius 3 is 2.33 bits per heavy atom. The molecule has 1 N–H and O–H groups in total. The Balaban J connectivity index is 1.31. The minimum absolute atomic E-state index is 0.0528. The predicted octanol–water partition coefficient (Wildman–Crippen LogP) is 3.53. The fraction of sp³-hybridized carbons (Fsp3) is 0.250. The Kier molecular flexibility index (Phi) is 5.84. The average molecular weight is 403 g/mol. The lowest BCUT2D eigenvalue weighted by atomic mass is 10.1. The maximum atomic E-state index is 12.3. The van der Waals surface area contributed by atoms with Gasteiger partial charge in [-0.25, -0.2) is 0 Å². The third-order valence-corrected chi connectivity index (χ3v) is 5.35. The molecule has 0 spiro atoms. The Bertz CT molecular complexity index is 1040. The molecular weight excluding hydrogens is 378 g/mol. The molecule has 3 aromatic rings. The van der Waals surface area contributed by atoms with Crippen molar-refractivity contribution >= 4 is 34.0 Å². The minimum Gasteiger partial charge on any atom is -0.483 e. The summed E-state index contributed by atoms with van der Waals surface area (Å²) >= 11 is 0. The van der Waals surface area contributed by atoms with Gasteiger partial charge in [0.05, 0.1) is 0 Å². The number of nitrogens with one attached hydrogen (secondary N) is 1. The molecule has 1 heterocycles. The van der Waals surface area contributed by atoms with E-state index in [1.165, 1.54) is 0 Å². The van der Waals surface area contributed by atoms with Crippen LogP contribution in [0, 0.1) is 0 Å². The van der Waals surface area contributed by atoms with Gasteiger partial charge in [-0.2, -0.15) is 0 Å². The quantitative estimate of drug-likeness (QED) is 0.708. The summed E-state index contributed by atoms with van der Waals surface area (Å²) < 4.78 is 5.75. The first kappa shape index (κ1) is 19.8. The number of benzene rings is 3. The lowest BCUT2D eigenvalue weighted by Gasteiger charge is -2.35. The number of rotatable bonds is 5. The summed E-state index contributed by atoms with van der Waals surface area (Å²) in [7, 11) is 0. The second-order valence-corrected chi connectivity index (χ2v) is 7.35. The van der Waals surface area contributed by atoms with Gasteiger partial charge in [-0.15, -0.1) is 0 Å². The van der Waals surface area contributed by atoms with E-state index in [1.807, 2.05) is 71.6 Å². The maximum absolute atomic E-state index is 12.3. The number of nitrogens with zero attached hydrogens (tertiary/aromatic N) is 2. The third kappa shape index (κ3) is 4.54. The number of carbonyl (C=O) groups excluding carboxylic acids is 2. The number of carbonyl (C=O) groups is 2. The van der Waals surface area contributed by atoms with E-state index < -0.39 is 0 Å². The first-order valence-corrected chi connectivity index (χ1v) is 10.1. The fourth-order valence-corrected chi connectivity index (χ4v) is 3.70. The van der Waals surface area contributed by atoms with Gasteiger partial charge in [0.15, 0.2) is 6.61 Å². The molecular formula is C24H25N3O3. The summed E-state index contributed by atoms with van der Waals surface area (Å²) in [5.74, 6) is 0.618. The van der Waals surface area contributed by atoms with Crippen molar-refractivity contribution in [2.45, 2.75) is 6.92 Å². The second-order valence-electron chi connectivity index (χ2n) is 7.35. The number of amides is 2. The standard InChI is InChI=1S/C24H25N3O3/c1-18(28)26-13-15-27(16-14-26)21-11-9-20(10-12-21)25-24(29)17-30-23-8-4-6-19-5-2-3-7-22(19)23/h2-12H,13-17H2,1H3,(H,25,29). The second kappa shape index (κ2) is 8.86. The van der Waals surface area contributed by atoms with Crippen LogP contribution < -0.4 is 15.0 Å². The van der Waals surface area contributed by atoms with Crippen molar-refractivity contribution in [3.63, 3.8) is 0 Å². The van der Waals surface area contributed by atoms with E-state index >= 15 is 0 Å². The highest BCUT2D eigenvalue weighted by molar-refractivity contribution is 5.93. The van der Waals surface area contributed by atoms with Crippen molar-refractivity contribution in [2.24, 2.45) is 0 Å². The Labute approximate surface area is 176 Å². The number of piperazine rings is 1. The van der Waals surface area contributed by atoms with Crippen molar-refractivity contribution < 1.29 is 14.3 Å². The van der Waals surface area contributed by atoms with Crippen LogP contribution in [0.5, 0.6) is 5.75 Å². The largest absolute Gasteiger partial charge is 0.483 e. The van der Waals surface area contributed by atoms with Gasteiger partial charge < -0.3 is 19.9 Å². The molecule has 0 atom stereocenters. The highest BCUT2D eigenvalue weighted by Gasteiger charge is 2.18. The molecule has 30 heavy (non-hydrogen) atoms. The van der Waals surface area contributed by atoms with Crippen molar-refractivity contribution in [3.8, 4) is 5.75 Å². The van der Waals surface area contributed by atoms with Crippen LogP contribution in [0.3, 0.4) is 0 Å². The summed E-state index contributed by atoms with van der Waals surface area (Å²) in [6.45, 7) is 4.65. The number of ether oxygens (including phenoxy) is 1. The Morgan fingerprint density at radius 1 is 0.900 bits per heavy atom. The van der Waals surface area contributed by atoms with Gasteiger partial charge in [0, 0.05) is 49.9 Å². The van der Waals surface area contributed by atoms with Gasteiger partial charge in [-0.1, -0.05) is 36.4 Å². The Morgan fingerprint density at radius 2 is 1.60 bits per heavy atom. The number of hydrogen-bond donors (Lipinski definition) is 1. The van der Waals surface area contributed by atoms with Crippen LogP contribution in [0.2, 0.25) is 0 Å². The highest BCUT2D eigenvalue weighted by Crippen LogP contribution is 2.25. The van der Waals surface area contributed by atoms with Crippen LogP contribution in [-0.2, 0) is 9.59 Å². The van der Waals surface area contributed by atoms with Crippen LogP contribution in [0.15, 0.2) is 66.7 Å². The lowest BCUT2D eigenvalue weighted by Crippen LogP contribution is -2.48. The number of anilines is 2. The molecule has 0 aromatic heterocycles. The molecule has 1 saturated heterocycles. The Hall–Kier alpha value is -3.54. The van der Waals surface area contributed by atoms with Gasteiger partial charge in [0.2, 0.25) is 5.91 Å². The van der Waals surface area contributed by atoms with Crippen LogP contribution in [-0.4, -0.2) is 49.5 Å². The van der Waals surface area contributed by atoms with E-state index in [9.17, 15) is 9.59 Å². The molecule has 0 unspecified atom stereocenters. The lowest BCUT2D eigenvalue weighted by molar-refractivity contribution is -0.129. The summed E-state index contributed by atoms with van der Waals surface area (Å²) in [5.41, 5.74) is 1.82. The smallest absolute Gasteiger partial charge is 0.262 e. The van der Waals surface area contributed by atoms with Crippen molar-refractivity contribution in [3.05, 3.63) is 66.7 Å². The monoisotopic (exact) mass is 403 g/mol. The molecule has 154 valence electrons. The topological polar surface area (TPSA) is 61.9 Å². The fourth-order valence-electron chi connectivity index (χ4n) is 3.70. The molecule has 0 saturated carbocycles. The van der Waals surface area contributed by atoms with Crippen LogP contribution >= 0.6 is 0 Å². The predicted molar refractivity (Wildman–Crippen MR) is 119 cm³/mol. The van der Waals surface area contributed by atoms with Crippen molar-refractivity contribution in [1.29, 1.82) is 0 Å². The van der Waals surface area contributed by atoms with Crippen LogP contribution in [0.4, 0.5) is 11.4 Å². The maximum Gasteiger partial charge on any atom is 0.262 e. The van der Waals surface area contributed by atoms with Crippen LogP contribution in [0.1, 0.15) is 6.92 Å². The van der Waals surface area contributed by atoms with E-state index in [0.29, 0.717) is 5.75 Å². The molecule has 1 fully saturated rings. The minimum atomic E-state index is -0.203. The van der Waals surface area contributed by atoms with Crippen LogP contribution in [0.25, 0.3) is 10.8 Å². The van der Waals surface area contributed by atoms with Gasteiger partial charge >= 0.3 is 0 Å². The van der Waals surface area contributed by atoms with Gasteiger partial charge in [0.1, 0.15) is 5.75 Å². The van der Waals surface area contributed by atoms with Gasteiger partial charge in [0.25, 0.3) is 5.91 Å². The van der Waals surface area contributed by atoms with E-state index in [-0.39, 0.29) is 18.4 Å². The first-order chi connectivity index (χ1) is 14.6. The molecule has 2 amide bonds.